The van der Waals surface area contributed by atoms with Crippen LogP contribution >= 0.6 is 11.6 Å². The van der Waals surface area contributed by atoms with Crippen molar-refractivity contribution in [3.05, 3.63) is 53.3 Å². The fourth-order valence-electron chi connectivity index (χ4n) is 1.91. The number of nitrogens with zero attached hydrogens (tertiary/aromatic N) is 2. The van der Waals surface area contributed by atoms with Gasteiger partial charge in [-0.15, -0.1) is 0 Å². The van der Waals surface area contributed by atoms with E-state index in [1.807, 2.05) is 12.1 Å². The largest absolute Gasteiger partial charge is 0.496 e. The molecule has 0 fully saturated rings. The molecule has 102 valence electrons. The number of pyridine rings is 1. The molecule has 0 saturated carbocycles. The third kappa shape index (κ3) is 2.84. The van der Waals surface area contributed by atoms with Crippen molar-refractivity contribution in [1.82, 2.24) is 4.98 Å². The number of nitriles is 1. The van der Waals surface area contributed by atoms with E-state index in [0.717, 1.165) is 5.69 Å². The molecule has 1 aromatic heterocycles. The van der Waals surface area contributed by atoms with Crippen LogP contribution in [0.2, 0.25) is 5.02 Å². The van der Waals surface area contributed by atoms with Gasteiger partial charge in [-0.3, -0.25) is 4.98 Å². The number of rotatable bonds is 4. The van der Waals surface area contributed by atoms with Gasteiger partial charge in [-0.2, -0.15) is 5.26 Å². The van der Waals surface area contributed by atoms with Crippen molar-refractivity contribution in [3.63, 3.8) is 0 Å². The van der Waals surface area contributed by atoms with E-state index in [1.165, 1.54) is 0 Å². The third-order valence-corrected chi connectivity index (χ3v) is 3.25. The Morgan fingerprint density at radius 3 is 2.60 bits per heavy atom. The summed E-state index contributed by atoms with van der Waals surface area (Å²) in [6.07, 6.45) is 3.26. The van der Waals surface area contributed by atoms with Gasteiger partial charge in [0.1, 0.15) is 5.75 Å². The Bertz CT molecular complexity index is 636. The topological polar surface area (TPSA) is 57.9 Å². The third-order valence-electron chi connectivity index (χ3n) is 3.00. The van der Waals surface area contributed by atoms with Crippen LogP contribution in [-0.4, -0.2) is 12.1 Å². The normalized spacial score (nSPS) is 13.1. The van der Waals surface area contributed by atoms with Crippen LogP contribution in [0.15, 0.2) is 42.7 Å². The van der Waals surface area contributed by atoms with E-state index >= 15 is 0 Å². The molecule has 2 rings (SSSR count). The average molecular weight is 288 g/mol. The van der Waals surface area contributed by atoms with Crippen molar-refractivity contribution in [3.8, 4) is 11.8 Å². The first-order chi connectivity index (χ1) is 9.59. The number of halogens is 1. The van der Waals surface area contributed by atoms with E-state index in [-0.39, 0.29) is 0 Å². The van der Waals surface area contributed by atoms with Crippen molar-refractivity contribution in [1.29, 1.82) is 5.26 Å². The second kappa shape index (κ2) is 5.81. The zero-order chi connectivity index (χ0) is 14.6. The minimum Gasteiger partial charge on any atom is -0.496 e. The first-order valence-electron chi connectivity index (χ1n) is 6.02. The van der Waals surface area contributed by atoms with Gasteiger partial charge in [0, 0.05) is 23.1 Å². The molecular weight excluding hydrogens is 274 g/mol. The Morgan fingerprint density at radius 2 is 2.00 bits per heavy atom. The molecule has 0 saturated heterocycles. The lowest BCUT2D eigenvalue weighted by atomic mass is 9.94. The molecule has 4 nitrogen and oxygen atoms in total. The molecule has 0 aliphatic heterocycles. The maximum atomic E-state index is 9.55. The summed E-state index contributed by atoms with van der Waals surface area (Å²) < 4.78 is 5.30. The van der Waals surface area contributed by atoms with Gasteiger partial charge >= 0.3 is 0 Å². The van der Waals surface area contributed by atoms with E-state index < -0.39 is 5.54 Å². The van der Waals surface area contributed by atoms with Crippen LogP contribution in [-0.2, 0) is 5.54 Å². The van der Waals surface area contributed by atoms with Crippen molar-refractivity contribution in [2.24, 2.45) is 0 Å². The monoisotopic (exact) mass is 287 g/mol. The summed E-state index contributed by atoms with van der Waals surface area (Å²) in [6, 6.07) is 11.2. The van der Waals surface area contributed by atoms with Gasteiger partial charge in [0.2, 0.25) is 0 Å². The van der Waals surface area contributed by atoms with Crippen LogP contribution in [0.1, 0.15) is 12.5 Å². The number of hydrogen-bond acceptors (Lipinski definition) is 4. The Hall–Kier alpha value is -2.25. The predicted octanol–water partition coefficient (Wildman–Crippen LogP) is 3.59. The zero-order valence-corrected chi connectivity index (χ0v) is 12.0. The SMILES string of the molecule is COc1ccncc1C(C)(C#N)Nc1ccc(Cl)cc1. The maximum absolute atomic E-state index is 9.55. The lowest BCUT2D eigenvalue weighted by Crippen LogP contribution is -2.30. The molecule has 5 heteroatoms. The molecule has 1 N–H and O–H groups in total. The first kappa shape index (κ1) is 14.2. The highest BCUT2D eigenvalue weighted by atomic mass is 35.5. The van der Waals surface area contributed by atoms with E-state index in [1.54, 1.807) is 44.6 Å². The number of hydrogen-bond donors (Lipinski definition) is 1. The molecule has 0 bridgehead atoms. The molecular formula is C15H14ClN3O. The van der Waals surface area contributed by atoms with Gasteiger partial charge in [0.25, 0.3) is 0 Å². The van der Waals surface area contributed by atoms with Gasteiger partial charge < -0.3 is 10.1 Å². The van der Waals surface area contributed by atoms with Crippen LogP contribution < -0.4 is 10.1 Å². The Balaban J connectivity index is 2.39. The van der Waals surface area contributed by atoms with E-state index in [9.17, 15) is 5.26 Å². The van der Waals surface area contributed by atoms with Crippen LogP contribution in [0.25, 0.3) is 0 Å². The average Bonchev–Trinajstić information content (AvgIpc) is 2.49. The molecule has 0 spiro atoms. The summed E-state index contributed by atoms with van der Waals surface area (Å²) >= 11 is 5.86. The molecule has 0 amide bonds. The minimum absolute atomic E-state index is 0.616. The number of methoxy groups -OCH3 is 1. The molecule has 0 aliphatic rings. The summed E-state index contributed by atoms with van der Waals surface area (Å²) in [5, 5.41) is 13.4. The van der Waals surface area contributed by atoms with Crippen molar-refractivity contribution in [2.75, 3.05) is 12.4 Å². The lowest BCUT2D eigenvalue weighted by Gasteiger charge is -2.26. The fraction of sp³-hybridized carbons (Fsp3) is 0.200. The molecule has 1 atom stereocenters. The van der Waals surface area contributed by atoms with Gasteiger partial charge in [-0.1, -0.05) is 11.6 Å². The van der Waals surface area contributed by atoms with Gasteiger partial charge in [0.15, 0.2) is 5.54 Å². The number of nitrogens with one attached hydrogen (secondary N) is 1. The Labute approximate surface area is 123 Å². The molecule has 0 radical (unpaired) electrons. The van der Waals surface area contributed by atoms with Crippen molar-refractivity contribution >= 4 is 17.3 Å². The van der Waals surface area contributed by atoms with Gasteiger partial charge in [-0.05, 0) is 37.3 Å². The van der Waals surface area contributed by atoms with E-state index in [4.69, 9.17) is 16.3 Å². The highest BCUT2D eigenvalue weighted by Gasteiger charge is 2.30. The second-order valence-corrected chi connectivity index (χ2v) is 4.88. The summed E-state index contributed by atoms with van der Waals surface area (Å²) in [7, 11) is 1.57. The molecule has 1 unspecified atom stereocenters. The van der Waals surface area contributed by atoms with E-state index in [2.05, 4.69) is 16.4 Å². The van der Waals surface area contributed by atoms with Gasteiger partial charge in [-0.25, -0.2) is 0 Å². The maximum Gasteiger partial charge on any atom is 0.153 e. The summed E-state index contributed by atoms with van der Waals surface area (Å²) in [4.78, 5) is 4.07. The summed E-state index contributed by atoms with van der Waals surface area (Å²) in [6.45, 7) is 1.78. The first-order valence-corrected chi connectivity index (χ1v) is 6.40. The fourth-order valence-corrected chi connectivity index (χ4v) is 2.04. The van der Waals surface area contributed by atoms with Crippen molar-refractivity contribution in [2.45, 2.75) is 12.5 Å². The minimum atomic E-state index is -0.951. The van der Waals surface area contributed by atoms with Crippen LogP contribution in [0, 0.1) is 11.3 Å². The molecule has 0 aliphatic carbocycles. The van der Waals surface area contributed by atoms with E-state index in [0.29, 0.717) is 16.3 Å². The van der Waals surface area contributed by atoms with Crippen LogP contribution in [0.3, 0.4) is 0 Å². The Morgan fingerprint density at radius 1 is 1.30 bits per heavy atom. The number of aromatic nitrogens is 1. The summed E-state index contributed by atoms with van der Waals surface area (Å²) in [5.74, 6) is 0.616. The van der Waals surface area contributed by atoms with Gasteiger partial charge in [0.05, 0.1) is 18.7 Å². The zero-order valence-electron chi connectivity index (χ0n) is 11.2. The molecule has 2 aromatic rings. The smallest absolute Gasteiger partial charge is 0.153 e. The Kier molecular flexibility index (Phi) is 4.11. The number of ether oxygens (including phenoxy) is 1. The summed E-state index contributed by atoms with van der Waals surface area (Å²) in [5.41, 5.74) is 0.525. The number of benzene rings is 1. The number of anilines is 1. The molecule has 20 heavy (non-hydrogen) atoms. The lowest BCUT2D eigenvalue weighted by molar-refractivity contribution is 0.403. The highest BCUT2D eigenvalue weighted by Crippen LogP contribution is 2.32. The van der Waals surface area contributed by atoms with Crippen LogP contribution in [0.5, 0.6) is 5.75 Å². The second-order valence-electron chi connectivity index (χ2n) is 4.44. The highest BCUT2D eigenvalue weighted by molar-refractivity contribution is 6.30. The standard InChI is InChI=1S/C15H14ClN3O/c1-15(10-17,13-9-18-8-7-14(13)20-2)19-12-5-3-11(16)4-6-12/h3-9,19H,1-2H3. The van der Waals surface area contributed by atoms with Crippen LogP contribution in [0.4, 0.5) is 5.69 Å². The quantitative estimate of drug-likeness (QED) is 0.933. The predicted molar refractivity (Wildman–Crippen MR) is 78.8 cm³/mol. The van der Waals surface area contributed by atoms with Crippen molar-refractivity contribution < 1.29 is 4.74 Å². The molecule has 1 aromatic carbocycles. The molecule has 1 heterocycles.